The van der Waals surface area contributed by atoms with Gasteiger partial charge in [-0.3, -0.25) is 9.11 Å². The van der Waals surface area contributed by atoms with Crippen LogP contribution < -0.4 is 9.64 Å². The zero-order valence-corrected chi connectivity index (χ0v) is 16.4. The SMILES string of the molecule is Cc1noc(N2CCC(CCCOc3ccc(S(C)(O)O)c(F)c3)CC2)n1. The van der Waals surface area contributed by atoms with Gasteiger partial charge in [0.1, 0.15) is 11.6 Å². The summed E-state index contributed by atoms with van der Waals surface area (Å²) in [6.45, 7) is 4.13. The minimum atomic E-state index is -3.06. The largest absolute Gasteiger partial charge is 0.493 e. The smallest absolute Gasteiger partial charge is 0.324 e. The van der Waals surface area contributed by atoms with Crippen molar-refractivity contribution in [2.45, 2.75) is 37.5 Å². The molecule has 0 atom stereocenters. The molecule has 0 aliphatic carbocycles. The molecule has 9 heteroatoms. The van der Waals surface area contributed by atoms with Crippen molar-refractivity contribution in [3.05, 3.63) is 29.8 Å². The van der Waals surface area contributed by atoms with Gasteiger partial charge in [-0.1, -0.05) is 5.16 Å². The van der Waals surface area contributed by atoms with Gasteiger partial charge in [-0.25, -0.2) is 4.39 Å². The van der Waals surface area contributed by atoms with Crippen molar-refractivity contribution in [3.63, 3.8) is 0 Å². The first kappa shape index (κ1) is 19.9. The van der Waals surface area contributed by atoms with Gasteiger partial charge >= 0.3 is 6.01 Å². The summed E-state index contributed by atoms with van der Waals surface area (Å²) >= 11 is 0. The first-order valence-electron chi connectivity index (χ1n) is 9.04. The molecular weight excluding hydrogens is 373 g/mol. The van der Waals surface area contributed by atoms with Crippen molar-refractivity contribution in [1.82, 2.24) is 10.1 Å². The summed E-state index contributed by atoms with van der Waals surface area (Å²) in [6, 6.07) is 4.75. The van der Waals surface area contributed by atoms with Crippen LogP contribution in [0.2, 0.25) is 0 Å². The van der Waals surface area contributed by atoms with E-state index in [2.05, 4.69) is 15.0 Å². The molecule has 0 radical (unpaired) electrons. The van der Waals surface area contributed by atoms with Gasteiger partial charge in [-0.05, 0) is 50.7 Å². The van der Waals surface area contributed by atoms with E-state index in [1.54, 1.807) is 6.07 Å². The Morgan fingerprint density at radius 1 is 1.33 bits per heavy atom. The highest BCUT2D eigenvalue weighted by molar-refractivity contribution is 8.23. The summed E-state index contributed by atoms with van der Waals surface area (Å²) < 4.78 is 43.8. The van der Waals surface area contributed by atoms with Crippen molar-refractivity contribution in [3.8, 4) is 5.75 Å². The average molecular weight is 399 g/mol. The Balaban J connectivity index is 1.38. The van der Waals surface area contributed by atoms with E-state index in [9.17, 15) is 13.5 Å². The first-order valence-corrected chi connectivity index (χ1v) is 11.0. The monoisotopic (exact) mass is 399 g/mol. The minimum absolute atomic E-state index is 0.0851. The number of aromatic nitrogens is 2. The number of anilines is 1. The van der Waals surface area contributed by atoms with Crippen LogP contribution in [-0.4, -0.2) is 45.2 Å². The van der Waals surface area contributed by atoms with Crippen LogP contribution in [0.1, 0.15) is 31.5 Å². The molecule has 0 amide bonds. The molecule has 0 spiro atoms. The van der Waals surface area contributed by atoms with Gasteiger partial charge in [0, 0.05) is 25.4 Å². The quantitative estimate of drug-likeness (QED) is 0.669. The molecule has 1 aliphatic heterocycles. The average Bonchev–Trinajstić information content (AvgIpc) is 3.05. The molecule has 27 heavy (non-hydrogen) atoms. The molecule has 0 unspecified atom stereocenters. The van der Waals surface area contributed by atoms with Crippen LogP contribution in [0.5, 0.6) is 5.75 Å². The predicted octanol–water partition coefficient (Wildman–Crippen LogP) is 4.33. The normalized spacial score (nSPS) is 16.6. The lowest BCUT2D eigenvalue weighted by molar-refractivity contribution is 0.275. The van der Waals surface area contributed by atoms with E-state index in [-0.39, 0.29) is 4.90 Å². The number of nitrogens with zero attached hydrogens (tertiary/aromatic N) is 3. The molecule has 0 bridgehead atoms. The maximum Gasteiger partial charge on any atom is 0.324 e. The zero-order valence-electron chi connectivity index (χ0n) is 15.6. The van der Waals surface area contributed by atoms with Gasteiger partial charge < -0.3 is 14.2 Å². The van der Waals surface area contributed by atoms with Crippen molar-refractivity contribution in [1.29, 1.82) is 0 Å². The highest BCUT2D eigenvalue weighted by atomic mass is 32.3. The zero-order chi connectivity index (χ0) is 19.4. The molecular formula is C18H26FN3O4S. The third-order valence-corrected chi connectivity index (χ3v) is 5.91. The van der Waals surface area contributed by atoms with E-state index in [1.807, 2.05) is 6.92 Å². The van der Waals surface area contributed by atoms with Gasteiger partial charge in [-0.2, -0.15) is 15.6 Å². The fraction of sp³-hybridized carbons (Fsp3) is 0.556. The Hall–Kier alpha value is -1.84. The second kappa shape index (κ2) is 8.45. The van der Waals surface area contributed by atoms with E-state index >= 15 is 0 Å². The van der Waals surface area contributed by atoms with Crippen LogP contribution in [0, 0.1) is 18.7 Å². The molecule has 1 aromatic heterocycles. The Morgan fingerprint density at radius 3 is 2.67 bits per heavy atom. The second-order valence-electron chi connectivity index (χ2n) is 6.97. The molecule has 1 aliphatic rings. The van der Waals surface area contributed by atoms with Crippen molar-refractivity contribution >= 4 is 16.6 Å². The molecule has 1 fully saturated rings. The van der Waals surface area contributed by atoms with Crippen molar-refractivity contribution < 1.29 is 22.8 Å². The fourth-order valence-corrected chi connectivity index (χ4v) is 4.03. The number of benzene rings is 1. The van der Waals surface area contributed by atoms with Gasteiger partial charge in [0.05, 0.1) is 11.5 Å². The molecule has 1 aromatic carbocycles. The van der Waals surface area contributed by atoms with E-state index in [1.165, 1.54) is 18.4 Å². The summed E-state index contributed by atoms with van der Waals surface area (Å²) in [5.41, 5.74) is 0. The van der Waals surface area contributed by atoms with Gasteiger partial charge in [0.2, 0.25) is 0 Å². The van der Waals surface area contributed by atoms with Gasteiger partial charge in [0.15, 0.2) is 5.82 Å². The standard InChI is InChI=1S/C18H26FN3O4S/c1-13-20-18(26-21-13)22-9-7-14(8-10-22)4-3-11-25-15-5-6-17(16(19)12-15)27(2,23)24/h5-6,12,14,23-24H,3-4,7-11H2,1-2H3. The van der Waals surface area contributed by atoms with Gasteiger partial charge in [-0.15, -0.1) is 0 Å². The second-order valence-corrected chi connectivity index (χ2v) is 9.08. The lowest BCUT2D eigenvalue weighted by atomic mass is 9.92. The highest BCUT2D eigenvalue weighted by Gasteiger charge is 2.22. The molecule has 150 valence electrons. The molecule has 7 nitrogen and oxygen atoms in total. The van der Waals surface area contributed by atoms with E-state index in [0.29, 0.717) is 30.1 Å². The molecule has 2 N–H and O–H groups in total. The maximum atomic E-state index is 13.9. The molecule has 0 saturated carbocycles. The number of halogens is 1. The third-order valence-electron chi connectivity index (χ3n) is 4.75. The van der Waals surface area contributed by atoms with Crippen LogP contribution in [0.3, 0.4) is 0 Å². The lowest BCUT2D eigenvalue weighted by Gasteiger charge is -2.30. The van der Waals surface area contributed by atoms with E-state index in [4.69, 9.17) is 9.26 Å². The number of piperidine rings is 1. The maximum absolute atomic E-state index is 13.9. The van der Waals surface area contributed by atoms with Crippen LogP contribution in [0.15, 0.2) is 27.6 Å². The summed E-state index contributed by atoms with van der Waals surface area (Å²) in [7, 11) is -3.06. The third kappa shape index (κ3) is 5.33. The molecule has 3 rings (SSSR count). The van der Waals surface area contributed by atoms with E-state index < -0.39 is 16.4 Å². The number of ether oxygens (including phenoxy) is 1. The van der Waals surface area contributed by atoms with Crippen LogP contribution in [-0.2, 0) is 0 Å². The number of hydrogen-bond donors (Lipinski definition) is 2. The molecule has 2 aromatic rings. The topological polar surface area (TPSA) is 91.9 Å². The summed E-state index contributed by atoms with van der Waals surface area (Å²) in [5, 5.41) is 3.83. The number of aryl methyl sites for hydroxylation is 1. The predicted molar refractivity (Wildman–Crippen MR) is 102 cm³/mol. The van der Waals surface area contributed by atoms with Crippen LogP contribution in [0.4, 0.5) is 10.4 Å². The van der Waals surface area contributed by atoms with Gasteiger partial charge in [0.25, 0.3) is 0 Å². The Bertz CT molecular complexity index is 757. The lowest BCUT2D eigenvalue weighted by Crippen LogP contribution is -2.34. The fourth-order valence-electron chi connectivity index (χ4n) is 3.27. The summed E-state index contributed by atoms with van der Waals surface area (Å²) in [4.78, 5) is 6.30. The van der Waals surface area contributed by atoms with Crippen LogP contribution in [0.25, 0.3) is 0 Å². The Kier molecular flexibility index (Phi) is 6.23. The first-order chi connectivity index (χ1) is 12.8. The Morgan fingerprint density at radius 2 is 2.07 bits per heavy atom. The highest BCUT2D eigenvalue weighted by Crippen LogP contribution is 2.46. The minimum Gasteiger partial charge on any atom is -0.493 e. The summed E-state index contributed by atoms with van der Waals surface area (Å²) in [5.74, 6) is 1.03. The molecule has 2 heterocycles. The van der Waals surface area contributed by atoms with Crippen molar-refractivity contribution in [2.75, 3.05) is 30.9 Å². The molecule has 1 saturated heterocycles. The Labute approximate surface area is 159 Å². The van der Waals surface area contributed by atoms with E-state index in [0.717, 1.165) is 38.8 Å². The van der Waals surface area contributed by atoms with Crippen molar-refractivity contribution in [2.24, 2.45) is 5.92 Å². The van der Waals surface area contributed by atoms with Crippen LogP contribution >= 0.6 is 10.6 Å². The summed E-state index contributed by atoms with van der Waals surface area (Å²) in [6.07, 6.45) is 5.28. The number of hydrogen-bond acceptors (Lipinski definition) is 7. The number of rotatable bonds is 7.